The number of ether oxygens (including phenoxy) is 1. The molecule has 8 heteroatoms. The van der Waals surface area contributed by atoms with Gasteiger partial charge < -0.3 is 14.2 Å². The number of rotatable bonds is 2. The molecule has 0 saturated carbocycles. The fourth-order valence-corrected chi connectivity index (χ4v) is 3.83. The van der Waals surface area contributed by atoms with Crippen molar-refractivity contribution in [2.24, 2.45) is 0 Å². The Bertz CT molecular complexity index is 671. The summed E-state index contributed by atoms with van der Waals surface area (Å²) in [5.74, 6) is 1.18. The highest BCUT2D eigenvalue weighted by molar-refractivity contribution is 7.07. The molecule has 1 amide bonds. The SMILES string of the molecule is Cc1noc([C@@H]2C[C@H]3OCC[C@H]3N(C(=O)c3cscn3)C2)n1. The molecule has 7 nitrogen and oxygen atoms in total. The molecule has 3 atom stereocenters. The molecule has 4 rings (SSSR count). The molecule has 22 heavy (non-hydrogen) atoms. The number of thiazole rings is 1. The number of aromatic nitrogens is 3. The van der Waals surface area contributed by atoms with Crippen molar-refractivity contribution in [1.29, 1.82) is 0 Å². The summed E-state index contributed by atoms with van der Waals surface area (Å²) in [7, 11) is 0. The van der Waals surface area contributed by atoms with Crippen molar-refractivity contribution in [3.8, 4) is 0 Å². The summed E-state index contributed by atoms with van der Waals surface area (Å²) < 4.78 is 11.1. The summed E-state index contributed by atoms with van der Waals surface area (Å²) in [6, 6.07) is 0.120. The van der Waals surface area contributed by atoms with Crippen LogP contribution in [0.25, 0.3) is 0 Å². The van der Waals surface area contributed by atoms with Gasteiger partial charge in [0.05, 0.1) is 23.6 Å². The number of hydrogen-bond acceptors (Lipinski definition) is 7. The van der Waals surface area contributed by atoms with Gasteiger partial charge >= 0.3 is 0 Å². The Morgan fingerprint density at radius 1 is 1.50 bits per heavy atom. The number of carbonyl (C=O) groups excluding carboxylic acids is 1. The van der Waals surface area contributed by atoms with Crippen molar-refractivity contribution >= 4 is 17.2 Å². The summed E-state index contributed by atoms with van der Waals surface area (Å²) >= 11 is 1.43. The van der Waals surface area contributed by atoms with Gasteiger partial charge in [0.1, 0.15) is 5.69 Å². The van der Waals surface area contributed by atoms with E-state index in [4.69, 9.17) is 9.26 Å². The normalized spacial score (nSPS) is 27.9. The van der Waals surface area contributed by atoms with Gasteiger partial charge in [-0.25, -0.2) is 4.98 Å². The second kappa shape index (κ2) is 5.44. The number of amides is 1. The summed E-state index contributed by atoms with van der Waals surface area (Å²) in [4.78, 5) is 23.1. The summed E-state index contributed by atoms with van der Waals surface area (Å²) in [5, 5.41) is 5.64. The summed E-state index contributed by atoms with van der Waals surface area (Å²) in [5.41, 5.74) is 2.18. The van der Waals surface area contributed by atoms with Crippen molar-refractivity contribution in [2.45, 2.75) is 37.8 Å². The van der Waals surface area contributed by atoms with Gasteiger partial charge in [-0.15, -0.1) is 11.3 Å². The average Bonchev–Trinajstić information content (AvgIpc) is 3.26. The zero-order chi connectivity index (χ0) is 15.1. The Morgan fingerprint density at radius 2 is 2.41 bits per heavy atom. The highest BCUT2D eigenvalue weighted by Gasteiger charge is 2.44. The largest absolute Gasteiger partial charge is 0.376 e. The maximum absolute atomic E-state index is 12.7. The number of piperidine rings is 1. The van der Waals surface area contributed by atoms with Crippen LogP contribution < -0.4 is 0 Å². The van der Waals surface area contributed by atoms with Crippen LogP contribution in [0.1, 0.15) is 41.0 Å². The van der Waals surface area contributed by atoms with Crippen LogP contribution in [0, 0.1) is 6.92 Å². The minimum Gasteiger partial charge on any atom is -0.376 e. The first-order chi connectivity index (χ1) is 10.7. The van der Waals surface area contributed by atoms with Crippen molar-refractivity contribution in [3.63, 3.8) is 0 Å². The minimum atomic E-state index is -0.0392. The fourth-order valence-electron chi connectivity index (χ4n) is 3.30. The highest BCUT2D eigenvalue weighted by Crippen LogP contribution is 2.36. The highest BCUT2D eigenvalue weighted by atomic mass is 32.1. The molecule has 0 aromatic carbocycles. The van der Waals surface area contributed by atoms with Gasteiger partial charge in [-0.1, -0.05) is 5.16 Å². The lowest BCUT2D eigenvalue weighted by atomic mass is 9.89. The smallest absolute Gasteiger partial charge is 0.273 e. The van der Waals surface area contributed by atoms with E-state index in [2.05, 4.69) is 15.1 Å². The minimum absolute atomic E-state index is 0.0168. The van der Waals surface area contributed by atoms with Gasteiger partial charge in [-0.05, 0) is 19.8 Å². The van der Waals surface area contributed by atoms with Gasteiger partial charge in [0, 0.05) is 18.5 Å². The monoisotopic (exact) mass is 320 g/mol. The van der Waals surface area contributed by atoms with Crippen LogP contribution in [-0.2, 0) is 4.74 Å². The van der Waals surface area contributed by atoms with Crippen LogP contribution in [0.2, 0.25) is 0 Å². The van der Waals surface area contributed by atoms with Crippen molar-refractivity contribution in [1.82, 2.24) is 20.0 Å². The molecule has 0 aliphatic carbocycles. The van der Waals surface area contributed by atoms with Gasteiger partial charge in [-0.3, -0.25) is 4.79 Å². The maximum atomic E-state index is 12.7. The lowest BCUT2D eigenvalue weighted by Gasteiger charge is -2.39. The molecule has 2 aliphatic heterocycles. The maximum Gasteiger partial charge on any atom is 0.273 e. The second-order valence-electron chi connectivity index (χ2n) is 5.71. The molecule has 2 aromatic heterocycles. The Kier molecular flexibility index (Phi) is 3.42. The van der Waals surface area contributed by atoms with E-state index in [1.165, 1.54) is 11.3 Å². The van der Waals surface area contributed by atoms with Crippen LogP contribution in [0.4, 0.5) is 0 Å². The predicted octanol–water partition coefficient (Wildman–Crippen LogP) is 1.62. The third-order valence-electron chi connectivity index (χ3n) is 4.31. The zero-order valence-corrected chi connectivity index (χ0v) is 13.0. The van der Waals surface area contributed by atoms with E-state index in [0.717, 1.165) is 12.8 Å². The fraction of sp³-hybridized carbons (Fsp3) is 0.571. The summed E-state index contributed by atoms with van der Waals surface area (Å²) in [6.45, 7) is 3.05. The Balaban J connectivity index is 1.62. The third kappa shape index (κ3) is 2.32. The lowest BCUT2D eigenvalue weighted by molar-refractivity contribution is 0.0122. The van der Waals surface area contributed by atoms with Crippen molar-refractivity contribution < 1.29 is 14.1 Å². The Morgan fingerprint density at radius 3 is 3.14 bits per heavy atom. The molecule has 2 saturated heterocycles. The van der Waals surface area contributed by atoms with Crippen LogP contribution in [-0.4, -0.2) is 51.2 Å². The number of fused-ring (bicyclic) bond motifs is 1. The summed E-state index contributed by atoms with van der Waals surface area (Å²) in [6.07, 6.45) is 1.72. The number of hydrogen-bond donors (Lipinski definition) is 0. The first-order valence-electron chi connectivity index (χ1n) is 7.33. The Hall–Kier alpha value is -1.80. The number of aryl methyl sites for hydroxylation is 1. The number of nitrogens with zero attached hydrogens (tertiary/aromatic N) is 4. The van der Waals surface area contributed by atoms with Gasteiger partial charge in [0.25, 0.3) is 5.91 Å². The molecule has 2 fully saturated rings. The van der Waals surface area contributed by atoms with E-state index in [1.54, 1.807) is 17.8 Å². The molecule has 0 radical (unpaired) electrons. The first kappa shape index (κ1) is 13.8. The predicted molar refractivity (Wildman–Crippen MR) is 77.7 cm³/mol. The average molecular weight is 320 g/mol. The molecule has 0 bridgehead atoms. The van der Waals surface area contributed by atoms with Crippen LogP contribution in [0.15, 0.2) is 15.4 Å². The molecule has 0 spiro atoms. The Labute approximate surface area is 131 Å². The lowest BCUT2D eigenvalue weighted by Crippen LogP contribution is -2.51. The molecular weight excluding hydrogens is 304 g/mol. The molecule has 2 aromatic rings. The zero-order valence-electron chi connectivity index (χ0n) is 12.1. The van der Waals surface area contributed by atoms with Crippen molar-refractivity contribution in [3.05, 3.63) is 28.3 Å². The molecule has 116 valence electrons. The molecular formula is C14H16N4O3S. The molecule has 4 heterocycles. The van der Waals surface area contributed by atoms with E-state index in [1.807, 2.05) is 4.90 Å². The quantitative estimate of drug-likeness (QED) is 0.836. The second-order valence-corrected chi connectivity index (χ2v) is 6.43. The van der Waals surface area contributed by atoms with E-state index < -0.39 is 0 Å². The standard InChI is InChI=1S/C14H16N4O3S/c1-8-16-13(21-17-8)9-4-12-11(2-3-20-12)18(5-9)14(19)10-6-22-7-15-10/h6-7,9,11-12H,2-5H2,1H3/t9-,11-,12-/m1/s1. The van der Waals surface area contributed by atoms with E-state index in [-0.39, 0.29) is 24.0 Å². The van der Waals surface area contributed by atoms with Crippen LogP contribution >= 0.6 is 11.3 Å². The molecule has 0 N–H and O–H groups in total. The third-order valence-corrected chi connectivity index (χ3v) is 4.90. The van der Waals surface area contributed by atoms with Gasteiger partial charge in [0.15, 0.2) is 5.82 Å². The molecule has 0 unspecified atom stereocenters. The number of carbonyl (C=O) groups is 1. The van der Waals surface area contributed by atoms with Crippen molar-refractivity contribution in [2.75, 3.05) is 13.2 Å². The topological polar surface area (TPSA) is 81.4 Å². The molecule has 2 aliphatic rings. The first-order valence-corrected chi connectivity index (χ1v) is 8.27. The number of likely N-dealkylation sites (tertiary alicyclic amines) is 1. The van der Waals surface area contributed by atoms with Crippen LogP contribution in [0.3, 0.4) is 0 Å². The van der Waals surface area contributed by atoms with E-state index >= 15 is 0 Å². The van der Waals surface area contributed by atoms with E-state index in [9.17, 15) is 4.79 Å². The van der Waals surface area contributed by atoms with E-state index in [0.29, 0.717) is 30.6 Å². The van der Waals surface area contributed by atoms with Gasteiger partial charge in [0.2, 0.25) is 5.89 Å². The van der Waals surface area contributed by atoms with Crippen LogP contribution in [0.5, 0.6) is 0 Å². The van der Waals surface area contributed by atoms with Gasteiger partial charge in [-0.2, -0.15) is 4.98 Å².